The molecule has 1 unspecified atom stereocenters. The minimum absolute atomic E-state index is 0.153. The molecular weight excluding hydrogens is 248 g/mol. The largest absolute Gasteiger partial charge is 0.480 e. The molecule has 6 nitrogen and oxygen atoms in total. The fourth-order valence-electron chi connectivity index (χ4n) is 1.57. The third-order valence-electron chi connectivity index (χ3n) is 2.86. The smallest absolute Gasteiger partial charge is 0.326 e. The molecule has 0 aromatic heterocycles. The van der Waals surface area contributed by atoms with Crippen LogP contribution in [-0.4, -0.2) is 42.9 Å². The van der Waals surface area contributed by atoms with Crippen LogP contribution in [0.1, 0.15) is 34.6 Å². The van der Waals surface area contributed by atoms with Gasteiger partial charge < -0.3 is 20.5 Å². The summed E-state index contributed by atoms with van der Waals surface area (Å²) in [7, 11) is 1.56. The molecule has 0 aliphatic carbocycles. The van der Waals surface area contributed by atoms with Crippen LogP contribution in [0.15, 0.2) is 0 Å². The van der Waals surface area contributed by atoms with E-state index in [4.69, 9.17) is 9.84 Å². The lowest BCUT2D eigenvalue weighted by molar-refractivity contribution is -0.141. The fraction of sp³-hybridized carbons (Fsp3) is 0.846. The van der Waals surface area contributed by atoms with Crippen LogP contribution in [0, 0.1) is 11.3 Å². The molecule has 0 aliphatic heterocycles. The van der Waals surface area contributed by atoms with E-state index in [1.165, 1.54) is 0 Å². The van der Waals surface area contributed by atoms with Crippen molar-refractivity contribution < 1.29 is 19.4 Å². The maximum Gasteiger partial charge on any atom is 0.326 e. The highest BCUT2D eigenvalue weighted by Gasteiger charge is 2.33. The van der Waals surface area contributed by atoms with Crippen molar-refractivity contribution in [2.24, 2.45) is 11.3 Å². The monoisotopic (exact) mass is 274 g/mol. The van der Waals surface area contributed by atoms with E-state index in [9.17, 15) is 9.59 Å². The summed E-state index contributed by atoms with van der Waals surface area (Å²) in [6.45, 7) is 9.60. The Morgan fingerprint density at radius 3 is 2.05 bits per heavy atom. The van der Waals surface area contributed by atoms with Crippen LogP contribution in [-0.2, 0) is 9.53 Å². The Balaban J connectivity index is 4.61. The number of amides is 2. The summed E-state index contributed by atoms with van der Waals surface area (Å²) < 4.78 is 5.03. The van der Waals surface area contributed by atoms with Gasteiger partial charge in [-0.25, -0.2) is 9.59 Å². The normalized spacial score (nSPS) is 14.9. The third kappa shape index (κ3) is 6.42. The maximum absolute atomic E-state index is 11.9. The van der Waals surface area contributed by atoms with E-state index in [0.29, 0.717) is 6.61 Å². The standard InChI is InChI=1S/C13H26N2O4/c1-8(2)9(7-19-6)14-12(18)15-10(11(16)17)13(3,4)5/h8-10H,7H2,1-6H3,(H,16,17)(H2,14,15,18)/t9?,10-/m0/s1. The van der Waals surface area contributed by atoms with Crippen LogP contribution in [0.5, 0.6) is 0 Å². The van der Waals surface area contributed by atoms with Crippen molar-refractivity contribution in [3.05, 3.63) is 0 Å². The van der Waals surface area contributed by atoms with Gasteiger partial charge in [0.05, 0.1) is 12.6 Å². The zero-order valence-corrected chi connectivity index (χ0v) is 12.6. The molecule has 0 aromatic rings. The average molecular weight is 274 g/mol. The van der Waals surface area contributed by atoms with E-state index in [1.807, 2.05) is 13.8 Å². The van der Waals surface area contributed by atoms with Crippen molar-refractivity contribution in [2.45, 2.75) is 46.7 Å². The molecule has 19 heavy (non-hydrogen) atoms. The van der Waals surface area contributed by atoms with E-state index in [-0.39, 0.29) is 12.0 Å². The van der Waals surface area contributed by atoms with Crippen molar-refractivity contribution in [3.8, 4) is 0 Å². The number of urea groups is 1. The van der Waals surface area contributed by atoms with Crippen LogP contribution in [0.3, 0.4) is 0 Å². The summed E-state index contributed by atoms with van der Waals surface area (Å²) in [5.41, 5.74) is -0.558. The van der Waals surface area contributed by atoms with E-state index >= 15 is 0 Å². The summed E-state index contributed by atoms with van der Waals surface area (Å²) in [6, 6.07) is -1.58. The summed E-state index contributed by atoms with van der Waals surface area (Å²) in [5.74, 6) is -0.848. The molecule has 0 saturated carbocycles. The average Bonchev–Trinajstić information content (AvgIpc) is 2.23. The topological polar surface area (TPSA) is 87.7 Å². The van der Waals surface area contributed by atoms with Gasteiger partial charge in [0.2, 0.25) is 0 Å². The van der Waals surface area contributed by atoms with Crippen LogP contribution < -0.4 is 10.6 Å². The molecule has 2 atom stereocenters. The zero-order valence-electron chi connectivity index (χ0n) is 12.6. The fourth-order valence-corrected chi connectivity index (χ4v) is 1.57. The number of rotatable bonds is 6. The Kier molecular flexibility index (Phi) is 6.83. The number of carboxylic acids is 1. The lowest BCUT2D eigenvalue weighted by Crippen LogP contribution is -2.55. The van der Waals surface area contributed by atoms with Crippen LogP contribution >= 0.6 is 0 Å². The molecule has 0 saturated heterocycles. The van der Waals surface area contributed by atoms with Crippen molar-refractivity contribution in [1.29, 1.82) is 0 Å². The Hall–Kier alpha value is -1.30. The van der Waals surface area contributed by atoms with E-state index in [1.54, 1.807) is 27.9 Å². The molecule has 0 spiro atoms. The number of carboxylic acid groups (broad SMARTS) is 1. The second-order valence-electron chi connectivity index (χ2n) is 6.06. The second kappa shape index (κ2) is 7.33. The molecule has 2 amide bonds. The van der Waals surface area contributed by atoms with Gasteiger partial charge in [0.1, 0.15) is 6.04 Å². The molecule has 0 fully saturated rings. The van der Waals surface area contributed by atoms with Gasteiger partial charge in [-0.3, -0.25) is 0 Å². The zero-order chi connectivity index (χ0) is 15.2. The Labute approximate surface area is 114 Å². The van der Waals surface area contributed by atoms with Crippen molar-refractivity contribution in [3.63, 3.8) is 0 Å². The quantitative estimate of drug-likeness (QED) is 0.684. The van der Waals surface area contributed by atoms with Crippen LogP contribution in [0.2, 0.25) is 0 Å². The number of nitrogens with one attached hydrogen (secondary N) is 2. The van der Waals surface area contributed by atoms with Gasteiger partial charge in [-0.05, 0) is 11.3 Å². The lowest BCUT2D eigenvalue weighted by atomic mass is 9.87. The first-order chi connectivity index (χ1) is 8.59. The number of ether oxygens (including phenoxy) is 1. The highest BCUT2D eigenvalue weighted by molar-refractivity contribution is 5.83. The third-order valence-corrected chi connectivity index (χ3v) is 2.86. The van der Waals surface area contributed by atoms with Gasteiger partial charge in [0.25, 0.3) is 0 Å². The first kappa shape index (κ1) is 17.7. The molecule has 0 aromatic carbocycles. The summed E-state index contributed by atoms with van der Waals surface area (Å²) in [5, 5.41) is 14.4. The summed E-state index contributed by atoms with van der Waals surface area (Å²) in [6.07, 6.45) is 0. The molecule has 0 bridgehead atoms. The van der Waals surface area contributed by atoms with Gasteiger partial charge in [0.15, 0.2) is 0 Å². The molecule has 0 rings (SSSR count). The summed E-state index contributed by atoms with van der Waals surface area (Å²) >= 11 is 0. The van der Waals surface area contributed by atoms with E-state index in [2.05, 4.69) is 10.6 Å². The van der Waals surface area contributed by atoms with Crippen LogP contribution in [0.4, 0.5) is 4.79 Å². The number of aliphatic carboxylic acids is 1. The number of hydrogen-bond donors (Lipinski definition) is 3. The minimum Gasteiger partial charge on any atom is -0.480 e. The predicted molar refractivity (Wildman–Crippen MR) is 73.0 cm³/mol. The predicted octanol–water partition coefficient (Wildman–Crippen LogP) is 1.46. The lowest BCUT2D eigenvalue weighted by Gasteiger charge is -2.29. The molecule has 0 radical (unpaired) electrons. The maximum atomic E-state index is 11.9. The van der Waals surface area contributed by atoms with E-state index < -0.39 is 23.5 Å². The van der Waals surface area contributed by atoms with Gasteiger partial charge >= 0.3 is 12.0 Å². The molecule has 3 N–H and O–H groups in total. The molecular formula is C13H26N2O4. The van der Waals surface area contributed by atoms with Crippen LogP contribution in [0.25, 0.3) is 0 Å². The van der Waals surface area contributed by atoms with Crippen molar-refractivity contribution >= 4 is 12.0 Å². The second-order valence-corrected chi connectivity index (χ2v) is 6.06. The van der Waals surface area contributed by atoms with E-state index in [0.717, 1.165) is 0 Å². The Bertz CT molecular complexity index is 310. The number of hydrogen-bond acceptors (Lipinski definition) is 3. The number of carbonyl (C=O) groups excluding carboxylic acids is 1. The molecule has 6 heteroatoms. The van der Waals surface area contributed by atoms with Crippen molar-refractivity contribution in [2.75, 3.05) is 13.7 Å². The highest BCUT2D eigenvalue weighted by atomic mass is 16.5. The first-order valence-electron chi connectivity index (χ1n) is 6.38. The van der Waals surface area contributed by atoms with Gasteiger partial charge in [0, 0.05) is 7.11 Å². The Morgan fingerprint density at radius 1 is 1.21 bits per heavy atom. The first-order valence-corrected chi connectivity index (χ1v) is 6.38. The number of methoxy groups -OCH3 is 1. The van der Waals surface area contributed by atoms with Gasteiger partial charge in [-0.2, -0.15) is 0 Å². The SMILES string of the molecule is COCC(NC(=O)N[C@@H](C(=O)O)C(C)(C)C)C(C)C. The van der Waals surface area contributed by atoms with Crippen molar-refractivity contribution in [1.82, 2.24) is 10.6 Å². The Morgan fingerprint density at radius 2 is 1.74 bits per heavy atom. The molecule has 112 valence electrons. The summed E-state index contributed by atoms with van der Waals surface area (Å²) in [4.78, 5) is 23.0. The highest BCUT2D eigenvalue weighted by Crippen LogP contribution is 2.19. The molecule has 0 heterocycles. The number of carbonyl (C=O) groups is 2. The minimum atomic E-state index is -1.05. The molecule has 0 aliphatic rings. The van der Waals surface area contributed by atoms with Gasteiger partial charge in [-0.15, -0.1) is 0 Å². The van der Waals surface area contributed by atoms with Gasteiger partial charge in [-0.1, -0.05) is 34.6 Å².